The number of amides is 1. The Labute approximate surface area is 112 Å². The third kappa shape index (κ3) is 4.94. The molecule has 0 aliphatic carbocycles. The molecule has 1 amide bonds. The van der Waals surface area contributed by atoms with Crippen LogP contribution >= 0.6 is 11.6 Å². The fraction of sp³-hybridized carbons (Fsp3) is 0.462. The summed E-state index contributed by atoms with van der Waals surface area (Å²) < 4.78 is 0. The van der Waals surface area contributed by atoms with Crippen LogP contribution in [0.25, 0.3) is 0 Å². The maximum Gasteiger partial charge on any atom is 0.252 e. The molecule has 4 nitrogen and oxygen atoms in total. The number of carbonyl (C=O) groups is 1. The molecule has 4 N–H and O–H groups in total. The van der Waals surface area contributed by atoms with Crippen molar-refractivity contribution in [1.29, 1.82) is 0 Å². The van der Waals surface area contributed by atoms with E-state index >= 15 is 0 Å². The van der Waals surface area contributed by atoms with Crippen LogP contribution in [0.1, 0.15) is 36.0 Å². The van der Waals surface area contributed by atoms with Crippen molar-refractivity contribution >= 4 is 23.2 Å². The van der Waals surface area contributed by atoms with Gasteiger partial charge in [0.25, 0.3) is 5.91 Å². The van der Waals surface area contributed by atoms with Crippen molar-refractivity contribution in [3.63, 3.8) is 0 Å². The largest absolute Gasteiger partial charge is 0.399 e. The van der Waals surface area contributed by atoms with E-state index in [9.17, 15) is 4.79 Å². The third-order valence-electron chi connectivity index (χ3n) is 2.61. The van der Waals surface area contributed by atoms with Crippen molar-refractivity contribution in [2.75, 3.05) is 18.9 Å². The molecule has 1 aromatic rings. The van der Waals surface area contributed by atoms with Crippen LogP contribution in [-0.4, -0.2) is 24.2 Å². The topological polar surface area (TPSA) is 75.4 Å². The van der Waals surface area contributed by atoms with Crippen LogP contribution in [0.15, 0.2) is 18.2 Å². The maximum absolute atomic E-state index is 11.8. The summed E-state index contributed by atoms with van der Waals surface area (Å²) in [4.78, 5) is 11.8. The lowest BCUT2D eigenvalue weighted by molar-refractivity contribution is 0.0953. The normalized spacial score (nSPS) is 10.3. The van der Waals surface area contributed by atoms with Gasteiger partial charge in [0.05, 0.1) is 10.6 Å². The zero-order valence-corrected chi connectivity index (χ0v) is 11.0. The van der Waals surface area contributed by atoms with Crippen molar-refractivity contribution in [3.8, 4) is 0 Å². The minimum Gasteiger partial charge on any atom is -0.399 e. The van der Waals surface area contributed by atoms with Crippen LogP contribution in [0.4, 0.5) is 5.69 Å². The van der Waals surface area contributed by atoms with Crippen LogP contribution in [-0.2, 0) is 0 Å². The van der Waals surface area contributed by atoms with Crippen molar-refractivity contribution in [3.05, 3.63) is 28.8 Å². The molecule has 0 saturated carbocycles. The second-order valence-corrected chi connectivity index (χ2v) is 4.54. The lowest BCUT2D eigenvalue weighted by Crippen LogP contribution is -2.24. The highest BCUT2D eigenvalue weighted by atomic mass is 35.5. The molecule has 0 aliphatic rings. The Morgan fingerprint density at radius 1 is 1.28 bits per heavy atom. The van der Waals surface area contributed by atoms with Crippen molar-refractivity contribution in [2.45, 2.75) is 25.7 Å². The zero-order chi connectivity index (χ0) is 13.4. The smallest absolute Gasteiger partial charge is 0.252 e. The molecular formula is C13H19ClN2O2. The number of benzene rings is 1. The second kappa shape index (κ2) is 7.95. The van der Waals surface area contributed by atoms with Gasteiger partial charge in [-0.15, -0.1) is 0 Å². The number of carbonyl (C=O) groups excluding carboxylic acids is 1. The molecule has 0 radical (unpaired) electrons. The van der Waals surface area contributed by atoms with Gasteiger partial charge in [-0.3, -0.25) is 4.79 Å². The first kappa shape index (κ1) is 14.8. The number of halogens is 1. The molecule has 18 heavy (non-hydrogen) atoms. The van der Waals surface area contributed by atoms with E-state index in [1.165, 1.54) is 0 Å². The van der Waals surface area contributed by atoms with Gasteiger partial charge in [-0.25, -0.2) is 0 Å². The molecule has 1 aromatic carbocycles. The van der Waals surface area contributed by atoms with Gasteiger partial charge < -0.3 is 16.2 Å². The number of hydrogen-bond acceptors (Lipinski definition) is 3. The molecule has 0 bridgehead atoms. The van der Waals surface area contributed by atoms with E-state index < -0.39 is 0 Å². The second-order valence-electron chi connectivity index (χ2n) is 4.13. The van der Waals surface area contributed by atoms with Gasteiger partial charge in [-0.1, -0.05) is 24.4 Å². The zero-order valence-electron chi connectivity index (χ0n) is 10.3. The minimum absolute atomic E-state index is 0.179. The molecular weight excluding hydrogens is 252 g/mol. The van der Waals surface area contributed by atoms with Gasteiger partial charge >= 0.3 is 0 Å². The number of anilines is 1. The fourth-order valence-electron chi connectivity index (χ4n) is 1.60. The minimum atomic E-state index is -0.179. The van der Waals surface area contributed by atoms with E-state index in [-0.39, 0.29) is 12.5 Å². The highest BCUT2D eigenvalue weighted by Crippen LogP contribution is 2.18. The Morgan fingerprint density at radius 3 is 2.67 bits per heavy atom. The average Bonchev–Trinajstić information content (AvgIpc) is 2.33. The summed E-state index contributed by atoms with van der Waals surface area (Å²) in [5, 5.41) is 11.8. The van der Waals surface area contributed by atoms with Crippen molar-refractivity contribution < 1.29 is 9.90 Å². The Kier molecular flexibility index (Phi) is 6.54. The average molecular weight is 271 g/mol. The van der Waals surface area contributed by atoms with Crippen LogP contribution in [0.2, 0.25) is 5.02 Å². The molecule has 0 aromatic heterocycles. The number of hydrogen-bond donors (Lipinski definition) is 3. The number of aliphatic hydroxyl groups excluding tert-OH is 1. The fourth-order valence-corrected chi connectivity index (χ4v) is 1.88. The molecule has 0 aliphatic heterocycles. The van der Waals surface area contributed by atoms with Crippen LogP contribution in [0.5, 0.6) is 0 Å². The number of unbranched alkanes of at least 4 members (excludes halogenated alkanes) is 3. The summed E-state index contributed by atoms with van der Waals surface area (Å²) in [6.45, 7) is 0.846. The Morgan fingerprint density at radius 2 is 2.00 bits per heavy atom. The Hall–Kier alpha value is -1.26. The summed E-state index contributed by atoms with van der Waals surface area (Å²) in [5.74, 6) is -0.179. The van der Waals surface area contributed by atoms with Crippen LogP contribution in [0, 0.1) is 0 Å². The lowest BCUT2D eigenvalue weighted by Gasteiger charge is -2.07. The highest BCUT2D eigenvalue weighted by molar-refractivity contribution is 6.34. The molecule has 100 valence electrons. The monoisotopic (exact) mass is 270 g/mol. The molecule has 5 heteroatoms. The van der Waals surface area contributed by atoms with E-state index in [2.05, 4.69) is 5.32 Å². The Bertz CT molecular complexity index is 397. The standard InChI is InChI=1S/C13H19ClN2O2/c14-12-9-10(15)5-6-11(12)13(18)16-7-3-1-2-4-8-17/h5-6,9,17H,1-4,7-8,15H2,(H,16,18). The van der Waals surface area contributed by atoms with Crippen molar-refractivity contribution in [1.82, 2.24) is 5.32 Å². The van der Waals surface area contributed by atoms with Gasteiger partial charge in [-0.2, -0.15) is 0 Å². The van der Waals surface area contributed by atoms with E-state index in [0.29, 0.717) is 22.8 Å². The molecule has 0 fully saturated rings. The summed E-state index contributed by atoms with van der Waals surface area (Å²) >= 11 is 5.94. The summed E-state index contributed by atoms with van der Waals surface area (Å²) in [7, 11) is 0. The predicted octanol–water partition coefficient (Wildman–Crippen LogP) is 2.20. The lowest BCUT2D eigenvalue weighted by atomic mass is 10.1. The van der Waals surface area contributed by atoms with E-state index in [1.54, 1.807) is 18.2 Å². The molecule has 0 heterocycles. The van der Waals surface area contributed by atoms with E-state index in [4.69, 9.17) is 22.4 Å². The van der Waals surface area contributed by atoms with Crippen LogP contribution in [0.3, 0.4) is 0 Å². The number of rotatable bonds is 7. The number of nitrogens with one attached hydrogen (secondary N) is 1. The number of nitrogen functional groups attached to an aromatic ring is 1. The SMILES string of the molecule is Nc1ccc(C(=O)NCCCCCCO)c(Cl)c1. The van der Waals surface area contributed by atoms with Gasteiger partial charge in [0, 0.05) is 18.8 Å². The first-order valence-electron chi connectivity index (χ1n) is 6.09. The predicted molar refractivity (Wildman–Crippen MR) is 73.8 cm³/mol. The maximum atomic E-state index is 11.8. The Balaban J connectivity index is 2.32. The third-order valence-corrected chi connectivity index (χ3v) is 2.92. The summed E-state index contributed by atoms with van der Waals surface area (Å²) in [6, 6.07) is 4.85. The van der Waals surface area contributed by atoms with Crippen LogP contribution < -0.4 is 11.1 Å². The molecule has 0 unspecified atom stereocenters. The van der Waals surface area contributed by atoms with Gasteiger partial charge in [0.15, 0.2) is 0 Å². The van der Waals surface area contributed by atoms with Gasteiger partial charge in [-0.05, 0) is 31.0 Å². The van der Waals surface area contributed by atoms with Crippen molar-refractivity contribution in [2.24, 2.45) is 0 Å². The molecule has 0 saturated heterocycles. The first-order valence-corrected chi connectivity index (χ1v) is 6.47. The molecule has 1 rings (SSSR count). The number of nitrogens with two attached hydrogens (primary N) is 1. The summed E-state index contributed by atoms with van der Waals surface area (Å²) in [5.41, 5.74) is 6.55. The van der Waals surface area contributed by atoms with Gasteiger partial charge in [0.2, 0.25) is 0 Å². The summed E-state index contributed by atoms with van der Waals surface area (Å²) in [6.07, 6.45) is 3.70. The molecule has 0 atom stereocenters. The number of aliphatic hydroxyl groups is 1. The quantitative estimate of drug-likeness (QED) is 0.525. The first-order chi connectivity index (χ1) is 8.65. The highest BCUT2D eigenvalue weighted by Gasteiger charge is 2.09. The van der Waals surface area contributed by atoms with E-state index in [1.807, 2.05) is 0 Å². The van der Waals surface area contributed by atoms with Gasteiger partial charge in [0.1, 0.15) is 0 Å². The molecule has 0 spiro atoms. The van der Waals surface area contributed by atoms with E-state index in [0.717, 1.165) is 25.7 Å².